The Morgan fingerprint density at radius 3 is 3.04 bits per heavy atom. The SMILES string of the molecule is COc1ncccc1CNC(=O)c1cc(C)nc2c1nc1n2CCCCC1. The van der Waals surface area contributed by atoms with E-state index in [1.807, 2.05) is 25.1 Å². The van der Waals surface area contributed by atoms with Crippen molar-refractivity contribution in [2.24, 2.45) is 0 Å². The predicted octanol–water partition coefficient (Wildman–Crippen LogP) is 2.80. The van der Waals surface area contributed by atoms with Crippen molar-refractivity contribution in [2.45, 2.75) is 45.7 Å². The Bertz CT molecular complexity index is 995. The lowest BCUT2D eigenvalue weighted by atomic mass is 10.1. The van der Waals surface area contributed by atoms with Gasteiger partial charge in [-0.25, -0.2) is 15.0 Å². The number of nitrogens with one attached hydrogen (secondary N) is 1. The molecule has 140 valence electrons. The van der Waals surface area contributed by atoms with Crippen molar-refractivity contribution < 1.29 is 9.53 Å². The largest absolute Gasteiger partial charge is 0.481 e. The lowest BCUT2D eigenvalue weighted by Gasteiger charge is -2.10. The molecule has 0 fully saturated rings. The van der Waals surface area contributed by atoms with E-state index < -0.39 is 0 Å². The monoisotopic (exact) mass is 365 g/mol. The minimum Gasteiger partial charge on any atom is -0.481 e. The summed E-state index contributed by atoms with van der Waals surface area (Å²) in [5, 5.41) is 2.97. The van der Waals surface area contributed by atoms with Gasteiger partial charge in [-0.1, -0.05) is 12.5 Å². The van der Waals surface area contributed by atoms with E-state index >= 15 is 0 Å². The number of methoxy groups -OCH3 is 1. The Balaban J connectivity index is 1.65. The smallest absolute Gasteiger partial charge is 0.253 e. The highest BCUT2D eigenvalue weighted by molar-refractivity contribution is 6.04. The van der Waals surface area contributed by atoms with Crippen molar-refractivity contribution in [1.29, 1.82) is 0 Å². The maximum absolute atomic E-state index is 12.9. The van der Waals surface area contributed by atoms with Gasteiger partial charge in [0.1, 0.15) is 11.3 Å². The standard InChI is InChI=1S/C20H23N5O2/c1-13-11-15(19(26)22-12-14-7-6-9-21-20(14)27-2)17-18(23-13)25-10-5-3-4-8-16(25)24-17/h6-7,9,11H,3-5,8,10,12H2,1-2H3,(H,22,26). The Morgan fingerprint density at radius 1 is 1.30 bits per heavy atom. The van der Waals surface area contributed by atoms with E-state index in [9.17, 15) is 4.79 Å². The summed E-state index contributed by atoms with van der Waals surface area (Å²) in [5.74, 6) is 1.39. The van der Waals surface area contributed by atoms with Gasteiger partial charge in [-0.2, -0.15) is 0 Å². The minimum absolute atomic E-state index is 0.162. The molecule has 1 N–H and O–H groups in total. The Morgan fingerprint density at radius 2 is 2.19 bits per heavy atom. The van der Waals surface area contributed by atoms with Crippen LogP contribution in [0, 0.1) is 6.92 Å². The average Bonchev–Trinajstić information content (AvgIpc) is 2.87. The van der Waals surface area contributed by atoms with Gasteiger partial charge in [-0.3, -0.25) is 4.79 Å². The first-order valence-corrected chi connectivity index (χ1v) is 9.30. The van der Waals surface area contributed by atoms with E-state index in [1.165, 1.54) is 6.42 Å². The molecular formula is C20H23N5O2. The van der Waals surface area contributed by atoms with Crippen LogP contribution in [0.25, 0.3) is 11.2 Å². The number of pyridine rings is 2. The molecule has 4 heterocycles. The van der Waals surface area contributed by atoms with E-state index in [2.05, 4.69) is 19.9 Å². The van der Waals surface area contributed by atoms with Crippen LogP contribution in [-0.4, -0.2) is 32.5 Å². The number of fused-ring (bicyclic) bond motifs is 3. The van der Waals surface area contributed by atoms with Gasteiger partial charge in [-0.15, -0.1) is 0 Å². The number of aryl methyl sites for hydroxylation is 3. The lowest BCUT2D eigenvalue weighted by molar-refractivity contribution is 0.0952. The van der Waals surface area contributed by atoms with Crippen LogP contribution < -0.4 is 10.1 Å². The van der Waals surface area contributed by atoms with Gasteiger partial charge in [0, 0.05) is 37.0 Å². The normalized spacial score (nSPS) is 13.9. The van der Waals surface area contributed by atoms with Crippen LogP contribution in [0.4, 0.5) is 0 Å². The number of nitrogens with zero attached hydrogens (tertiary/aromatic N) is 4. The van der Waals surface area contributed by atoms with E-state index in [0.717, 1.165) is 48.5 Å². The summed E-state index contributed by atoms with van der Waals surface area (Å²) in [6, 6.07) is 5.52. The number of aromatic nitrogens is 4. The van der Waals surface area contributed by atoms with Gasteiger partial charge in [0.15, 0.2) is 5.65 Å². The Hall–Kier alpha value is -2.96. The molecule has 4 rings (SSSR count). The summed E-state index contributed by atoms with van der Waals surface area (Å²) >= 11 is 0. The Labute approximate surface area is 157 Å². The molecule has 0 aliphatic carbocycles. The molecule has 0 saturated carbocycles. The molecule has 1 aliphatic rings. The Kier molecular flexibility index (Phi) is 4.75. The van der Waals surface area contributed by atoms with Gasteiger partial charge in [0.25, 0.3) is 5.91 Å². The summed E-state index contributed by atoms with van der Waals surface area (Å²) in [5.41, 5.74) is 3.72. The van der Waals surface area contributed by atoms with Crippen LogP contribution in [0.3, 0.4) is 0 Å². The summed E-state index contributed by atoms with van der Waals surface area (Å²) in [7, 11) is 1.57. The number of ether oxygens (including phenoxy) is 1. The summed E-state index contributed by atoms with van der Waals surface area (Å²) in [6.07, 6.45) is 6.06. The molecule has 1 aliphatic heterocycles. The molecule has 0 atom stereocenters. The molecule has 0 radical (unpaired) electrons. The van der Waals surface area contributed by atoms with Gasteiger partial charge in [-0.05, 0) is 31.9 Å². The molecule has 0 unspecified atom stereocenters. The third-order valence-corrected chi connectivity index (χ3v) is 4.92. The van der Waals surface area contributed by atoms with Gasteiger partial charge >= 0.3 is 0 Å². The molecule has 7 heteroatoms. The second-order valence-electron chi connectivity index (χ2n) is 6.83. The van der Waals surface area contributed by atoms with Crippen molar-refractivity contribution >= 4 is 17.1 Å². The predicted molar refractivity (Wildman–Crippen MR) is 102 cm³/mol. The molecule has 3 aromatic rings. The number of carbonyl (C=O) groups is 1. The number of imidazole rings is 1. The van der Waals surface area contributed by atoms with Crippen LogP contribution in [-0.2, 0) is 19.5 Å². The number of rotatable bonds is 4. The molecule has 0 saturated heterocycles. The summed E-state index contributed by atoms with van der Waals surface area (Å²) in [4.78, 5) is 26.5. The van der Waals surface area contributed by atoms with Crippen LogP contribution in [0.1, 0.15) is 46.7 Å². The first-order valence-electron chi connectivity index (χ1n) is 9.30. The number of hydrogen-bond acceptors (Lipinski definition) is 5. The van der Waals surface area contributed by atoms with Crippen molar-refractivity contribution in [3.05, 3.63) is 47.0 Å². The highest BCUT2D eigenvalue weighted by Gasteiger charge is 2.21. The maximum atomic E-state index is 12.9. The van der Waals surface area contributed by atoms with E-state index in [-0.39, 0.29) is 5.91 Å². The minimum atomic E-state index is -0.162. The van der Waals surface area contributed by atoms with Crippen LogP contribution in [0.15, 0.2) is 24.4 Å². The van der Waals surface area contributed by atoms with E-state index in [1.54, 1.807) is 13.3 Å². The van der Waals surface area contributed by atoms with Crippen molar-refractivity contribution in [1.82, 2.24) is 24.8 Å². The van der Waals surface area contributed by atoms with Crippen LogP contribution >= 0.6 is 0 Å². The molecule has 0 spiro atoms. The van der Waals surface area contributed by atoms with Gasteiger partial charge < -0.3 is 14.6 Å². The third-order valence-electron chi connectivity index (χ3n) is 4.92. The third kappa shape index (κ3) is 3.37. The zero-order valence-electron chi connectivity index (χ0n) is 15.7. The van der Waals surface area contributed by atoms with E-state index in [0.29, 0.717) is 23.5 Å². The second-order valence-corrected chi connectivity index (χ2v) is 6.83. The number of hydrogen-bond donors (Lipinski definition) is 1. The number of amides is 1. The fourth-order valence-electron chi connectivity index (χ4n) is 3.60. The molecular weight excluding hydrogens is 342 g/mol. The van der Waals surface area contributed by atoms with Gasteiger partial charge in [0.05, 0.1) is 12.7 Å². The highest BCUT2D eigenvalue weighted by atomic mass is 16.5. The summed E-state index contributed by atoms with van der Waals surface area (Å²) in [6.45, 7) is 3.17. The summed E-state index contributed by atoms with van der Waals surface area (Å²) < 4.78 is 7.43. The van der Waals surface area contributed by atoms with Crippen molar-refractivity contribution in [2.75, 3.05) is 7.11 Å². The topological polar surface area (TPSA) is 81.9 Å². The molecule has 0 bridgehead atoms. The zero-order chi connectivity index (χ0) is 18.8. The van der Waals surface area contributed by atoms with Gasteiger partial charge in [0.2, 0.25) is 5.88 Å². The first kappa shape index (κ1) is 17.5. The fourth-order valence-corrected chi connectivity index (χ4v) is 3.60. The first-order chi connectivity index (χ1) is 13.2. The molecule has 3 aromatic heterocycles. The van der Waals surface area contributed by atoms with Crippen molar-refractivity contribution in [3.63, 3.8) is 0 Å². The van der Waals surface area contributed by atoms with E-state index in [4.69, 9.17) is 9.72 Å². The molecule has 0 aromatic carbocycles. The maximum Gasteiger partial charge on any atom is 0.253 e. The zero-order valence-corrected chi connectivity index (χ0v) is 15.7. The molecule has 7 nitrogen and oxygen atoms in total. The van der Waals surface area contributed by atoms with Crippen LogP contribution in [0.5, 0.6) is 5.88 Å². The lowest BCUT2D eigenvalue weighted by Crippen LogP contribution is -2.24. The highest BCUT2D eigenvalue weighted by Crippen LogP contribution is 2.24. The molecule has 27 heavy (non-hydrogen) atoms. The van der Waals surface area contributed by atoms with Crippen molar-refractivity contribution in [3.8, 4) is 5.88 Å². The molecule has 1 amide bonds. The average molecular weight is 365 g/mol. The fraction of sp³-hybridized carbons (Fsp3) is 0.400. The second kappa shape index (κ2) is 7.34. The van der Waals surface area contributed by atoms with Crippen LogP contribution in [0.2, 0.25) is 0 Å². The number of carbonyl (C=O) groups excluding carboxylic acids is 1. The quantitative estimate of drug-likeness (QED) is 0.769.